The van der Waals surface area contributed by atoms with Gasteiger partial charge in [-0.3, -0.25) is 4.79 Å². The zero-order chi connectivity index (χ0) is 15.2. The highest BCUT2D eigenvalue weighted by Gasteiger charge is 2.13. The van der Waals surface area contributed by atoms with E-state index >= 15 is 0 Å². The monoisotopic (exact) mass is 368 g/mol. The number of aryl methyl sites for hydroxylation is 1. The largest absolute Gasteiger partial charge is 0.490 e. The highest BCUT2D eigenvalue weighted by atomic mass is 79.9. The molecule has 2 aromatic rings. The van der Waals surface area contributed by atoms with E-state index in [1.165, 1.54) is 9.75 Å². The Hall–Kier alpha value is -1.33. The fourth-order valence-corrected chi connectivity index (χ4v) is 3.34. The van der Waals surface area contributed by atoms with Gasteiger partial charge in [-0.2, -0.15) is 0 Å². The molecule has 0 saturated carbocycles. The number of aldehydes is 1. The van der Waals surface area contributed by atoms with Crippen LogP contribution in [0.3, 0.4) is 0 Å². The van der Waals surface area contributed by atoms with Gasteiger partial charge in [0.15, 0.2) is 11.5 Å². The topological polar surface area (TPSA) is 35.5 Å². The molecule has 0 N–H and O–H groups in total. The molecule has 0 aliphatic rings. The van der Waals surface area contributed by atoms with E-state index in [9.17, 15) is 4.79 Å². The Morgan fingerprint density at radius 3 is 2.57 bits per heavy atom. The minimum Gasteiger partial charge on any atom is -0.490 e. The lowest BCUT2D eigenvalue weighted by Gasteiger charge is -2.13. The lowest BCUT2D eigenvalue weighted by molar-refractivity contribution is 0.112. The van der Waals surface area contributed by atoms with E-state index in [-0.39, 0.29) is 0 Å². The molecule has 0 aliphatic heterocycles. The third kappa shape index (κ3) is 4.08. The van der Waals surface area contributed by atoms with Crippen molar-refractivity contribution in [3.05, 3.63) is 44.1 Å². The average Bonchev–Trinajstić information content (AvgIpc) is 2.94. The fourth-order valence-electron chi connectivity index (χ4n) is 1.89. The third-order valence-corrected chi connectivity index (χ3v) is 4.68. The van der Waals surface area contributed by atoms with Crippen molar-refractivity contribution in [3.63, 3.8) is 0 Å². The Morgan fingerprint density at radius 1 is 1.19 bits per heavy atom. The molecule has 0 fully saturated rings. The minimum absolute atomic E-state index is 0.490. The summed E-state index contributed by atoms with van der Waals surface area (Å²) in [7, 11) is 0. The number of ether oxygens (including phenoxy) is 2. The second-order valence-corrected chi connectivity index (χ2v) is 6.50. The summed E-state index contributed by atoms with van der Waals surface area (Å²) < 4.78 is 12.2. The van der Waals surface area contributed by atoms with Gasteiger partial charge in [0, 0.05) is 15.3 Å². The van der Waals surface area contributed by atoms with Crippen LogP contribution >= 0.6 is 27.3 Å². The SMILES string of the molecule is CCOc1cc(C=O)cc(Br)c1OCc1ccc(CC)s1. The van der Waals surface area contributed by atoms with Gasteiger partial charge in [-0.15, -0.1) is 11.3 Å². The van der Waals surface area contributed by atoms with E-state index in [4.69, 9.17) is 9.47 Å². The van der Waals surface area contributed by atoms with Gasteiger partial charge in [-0.25, -0.2) is 0 Å². The van der Waals surface area contributed by atoms with Crippen LogP contribution in [0.4, 0.5) is 0 Å². The highest BCUT2D eigenvalue weighted by Crippen LogP contribution is 2.37. The van der Waals surface area contributed by atoms with Crippen molar-refractivity contribution in [1.82, 2.24) is 0 Å². The van der Waals surface area contributed by atoms with Crippen LogP contribution in [0.25, 0.3) is 0 Å². The number of carbonyl (C=O) groups is 1. The molecule has 0 saturated heterocycles. The van der Waals surface area contributed by atoms with Gasteiger partial charge in [-0.1, -0.05) is 6.92 Å². The molecule has 0 radical (unpaired) electrons. The molecule has 0 atom stereocenters. The van der Waals surface area contributed by atoms with E-state index in [1.807, 2.05) is 6.92 Å². The molecule has 1 heterocycles. The lowest BCUT2D eigenvalue weighted by Crippen LogP contribution is -2.00. The van der Waals surface area contributed by atoms with Crippen LogP contribution in [0.1, 0.15) is 34.0 Å². The van der Waals surface area contributed by atoms with Gasteiger partial charge in [0.05, 0.1) is 11.1 Å². The Kier molecular flexibility index (Phi) is 5.82. The predicted molar refractivity (Wildman–Crippen MR) is 88.7 cm³/mol. The summed E-state index contributed by atoms with van der Waals surface area (Å²) in [6, 6.07) is 7.63. The summed E-state index contributed by atoms with van der Waals surface area (Å²) in [6.07, 6.45) is 1.83. The van der Waals surface area contributed by atoms with Crippen molar-refractivity contribution in [2.24, 2.45) is 0 Å². The average molecular weight is 369 g/mol. The number of thiophene rings is 1. The predicted octanol–water partition coefficient (Wildman–Crippen LogP) is 4.86. The molecule has 0 spiro atoms. The first-order valence-electron chi connectivity index (χ1n) is 6.79. The Labute approximate surface area is 137 Å². The van der Waals surface area contributed by atoms with Gasteiger partial charge in [-0.05, 0) is 53.5 Å². The molecule has 5 heteroatoms. The van der Waals surface area contributed by atoms with Crippen LogP contribution in [-0.2, 0) is 13.0 Å². The van der Waals surface area contributed by atoms with Crippen molar-refractivity contribution in [3.8, 4) is 11.5 Å². The molecule has 0 aliphatic carbocycles. The lowest BCUT2D eigenvalue weighted by atomic mass is 10.2. The summed E-state index contributed by atoms with van der Waals surface area (Å²) >= 11 is 5.19. The van der Waals surface area contributed by atoms with Crippen molar-refractivity contribution in [2.75, 3.05) is 6.61 Å². The van der Waals surface area contributed by atoms with E-state index < -0.39 is 0 Å². The fraction of sp³-hybridized carbons (Fsp3) is 0.312. The molecule has 21 heavy (non-hydrogen) atoms. The maximum Gasteiger partial charge on any atom is 0.175 e. The van der Waals surface area contributed by atoms with E-state index in [0.29, 0.717) is 30.3 Å². The molecular weight excluding hydrogens is 352 g/mol. The van der Waals surface area contributed by atoms with Crippen LogP contribution in [0.15, 0.2) is 28.7 Å². The highest BCUT2D eigenvalue weighted by molar-refractivity contribution is 9.10. The standard InChI is InChI=1S/C16H17BrO3S/c1-3-12-5-6-13(21-12)10-20-16-14(17)7-11(9-18)8-15(16)19-4-2/h5-9H,3-4,10H2,1-2H3. The number of rotatable bonds is 7. The van der Waals surface area contributed by atoms with Crippen LogP contribution in [-0.4, -0.2) is 12.9 Å². The number of benzene rings is 1. The number of carbonyl (C=O) groups excluding carboxylic acids is 1. The molecule has 1 aromatic carbocycles. The first kappa shape index (κ1) is 16.0. The van der Waals surface area contributed by atoms with Crippen molar-refractivity contribution in [2.45, 2.75) is 26.9 Å². The van der Waals surface area contributed by atoms with Crippen molar-refractivity contribution >= 4 is 33.6 Å². The first-order chi connectivity index (χ1) is 10.2. The summed E-state index contributed by atoms with van der Waals surface area (Å²) in [6.45, 7) is 5.05. The Bertz CT molecular complexity index is 622. The molecule has 0 bridgehead atoms. The quantitative estimate of drug-likeness (QED) is 0.654. The van der Waals surface area contributed by atoms with Crippen LogP contribution in [0.2, 0.25) is 0 Å². The second kappa shape index (κ2) is 7.61. The molecule has 2 rings (SSSR count). The Balaban J connectivity index is 2.19. The third-order valence-electron chi connectivity index (χ3n) is 2.89. The van der Waals surface area contributed by atoms with Gasteiger partial charge in [0.1, 0.15) is 12.9 Å². The molecule has 0 amide bonds. The maximum absolute atomic E-state index is 10.9. The van der Waals surface area contributed by atoms with E-state index in [1.54, 1.807) is 23.5 Å². The summed E-state index contributed by atoms with van der Waals surface area (Å²) in [4.78, 5) is 13.4. The smallest absolute Gasteiger partial charge is 0.175 e. The zero-order valence-corrected chi connectivity index (χ0v) is 14.4. The number of halogens is 1. The number of hydrogen-bond donors (Lipinski definition) is 0. The van der Waals surface area contributed by atoms with Crippen molar-refractivity contribution in [1.29, 1.82) is 0 Å². The molecule has 1 aromatic heterocycles. The first-order valence-corrected chi connectivity index (χ1v) is 8.40. The second-order valence-electron chi connectivity index (χ2n) is 4.39. The Morgan fingerprint density at radius 2 is 1.95 bits per heavy atom. The normalized spacial score (nSPS) is 10.4. The van der Waals surface area contributed by atoms with Crippen LogP contribution < -0.4 is 9.47 Å². The molecule has 0 unspecified atom stereocenters. The van der Waals surface area contributed by atoms with E-state index in [2.05, 4.69) is 35.0 Å². The van der Waals surface area contributed by atoms with E-state index in [0.717, 1.165) is 17.2 Å². The molecule has 112 valence electrons. The van der Waals surface area contributed by atoms with Crippen LogP contribution in [0, 0.1) is 0 Å². The van der Waals surface area contributed by atoms with Gasteiger partial charge in [0.25, 0.3) is 0 Å². The van der Waals surface area contributed by atoms with Gasteiger partial charge >= 0.3 is 0 Å². The summed E-state index contributed by atoms with van der Waals surface area (Å²) in [5, 5.41) is 0. The molecular formula is C16H17BrO3S. The minimum atomic E-state index is 0.490. The van der Waals surface area contributed by atoms with Crippen molar-refractivity contribution < 1.29 is 14.3 Å². The summed E-state index contributed by atoms with van der Waals surface area (Å²) in [5.41, 5.74) is 0.557. The molecule has 3 nitrogen and oxygen atoms in total. The van der Waals surface area contributed by atoms with Gasteiger partial charge in [0.2, 0.25) is 0 Å². The van der Waals surface area contributed by atoms with Crippen LogP contribution in [0.5, 0.6) is 11.5 Å². The number of hydrogen-bond acceptors (Lipinski definition) is 4. The maximum atomic E-state index is 10.9. The summed E-state index contributed by atoms with van der Waals surface area (Å²) in [5.74, 6) is 1.22. The van der Waals surface area contributed by atoms with Gasteiger partial charge < -0.3 is 9.47 Å². The zero-order valence-electron chi connectivity index (χ0n) is 12.0.